The summed E-state index contributed by atoms with van der Waals surface area (Å²) in [5.41, 5.74) is 0. The Morgan fingerprint density at radius 3 is 2.81 bits per heavy atom. The van der Waals surface area contributed by atoms with Crippen molar-refractivity contribution in [3.05, 3.63) is 30.3 Å². The van der Waals surface area contributed by atoms with Gasteiger partial charge in [-0.2, -0.15) is 0 Å². The van der Waals surface area contributed by atoms with Crippen LogP contribution in [0.2, 0.25) is 0 Å². The van der Waals surface area contributed by atoms with E-state index in [9.17, 15) is 0 Å². The van der Waals surface area contributed by atoms with Crippen LogP contribution in [0.25, 0.3) is 0 Å². The molecule has 0 radical (unpaired) electrons. The molecule has 0 bridgehead atoms. The van der Waals surface area contributed by atoms with Gasteiger partial charge in [0.15, 0.2) is 0 Å². The molecular formula is C14H21NO. The van der Waals surface area contributed by atoms with Crippen molar-refractivity contribution in [1.29, 1.82) is 0 Å². The second kappa shape index (κ2) is 5.90. The van der Waals surface area contributed by atoms with Crippen molar-refractivity contribution in [3.63, 3.8) is 0 Å². The summed E-state index contributed by atoms with van der Waals surface area (Å²) >= 11 is 0. The highest BCUT2D eigenvalue weighted by molar-refractivity contribution is 5.20. The molecule has 0 aromatic heterocycles. The van der Waals surface area contributed by atoms with Crippen LogP contribution >= 0.6 is 0 Å². The minimum atomic E-state index is 0.793. The van der Waals surface area contributed by atoms with Crippen LogP contribution in [0.3, 0.4) is 0 Å². The van der Waals surface area contributed by atoms with E-state index in [2.05, 4.69) is 12.2 Å². The smallest absolute Gasteiger partial charge is 0.119 e. The fourth-order valence-electron chi connectivity index (χ4n) is 2.02. The Morgan fingerprint density at radius 1 is 1.31 bits per heavy atom. The van der Waals surface area contributed by atoms with Crippen molar-refractivity contribution in [2.45, 2.75) is 32.2 Å². The summed E-state index contributed by atoms with van der Waals surface area (Å²) in [5.74, 6) is 1.91. The minimum absolute atomic E-state index is 0.793. The third-order valence-corrected chi connectivity index (χ3v) is 3.19. The molecule has 1 aromatic carbocycles. The Kier molecular flexibility index (Phi) is 4.23. The zero-order valence-corrected chi connectivity index (χ0v) is 9.99. The molecule has 1 aromatic rings. The van der Waals surface area contributed by atoms with Crippen LogP contribution in [-0.4, -0.2) is 19.2 Å². The Morgan fingerprint density at radius 2 is 2.12 bits per heavy atom. The Labute approximate surface area is 98.0 Å². The maximum atomic E-state index is 5.62. The lowest BCUT2D eigenvalue weighted by Gasteiger charge is -2.06. The topological polar surface area (TPSA) is 21.3 Å². The van der Waals surface area contributed by atoms with Crippen molar-refractivity contribution in [3.8, 4) is 5.75 Å². The Bertz CT molecular complexity index is 299. The van der Waals surface area contributed by atoms with Crippen molar-refractivity contribution < 1.29 is 4.74 Å². The largest absolute Gasteiger partial charge is 0.494 e. The highest BCUT2D eigenvalue weighted by Crippen LogP contribution is 2.32. The molecule has 16 heavy (non-hydrogen) atoms. The normalized spacial score (nSPS) is 23.1. The predicted octanol–water partition coefficient (Wildman–Crippen LogP) is 2.84. The molecular weight excluding hydrogens is 198 g/mol. The van der Waals surface area contributed by atoms with Gasteiger partial charge in [0.05, 0.1) is 6.61 Å². The van der Waals surface area contributed by atoms with E-state index in [0.717, 1.165) is 37.3 Å². The molecule has 2 nitrogen and oxygen atoms in total. The molecule has 0 amide bonds. The maximum Gasteiger partial charge on any atom is 0.119 e. The number of hydrogen-bond acceptors (Lipinski definition) is 2. The fraction of sp³-hybridized carbons (Fsp3) is 0.571. The molecule has 2 unspecified atom stereocenters. The van der Waals surface area contributed by atoms with Gasteiger partial charge in [-0.15, -0.1) is 0 Å². The first-order valence-corrected chi connectivity index (χ1v) is 6.31. The van der Waals surface area contributed by atoms with Gasteiger partial charge in [-0.05, 0) is 37.4 Å². The summed E-state index contributed by atoms with van der Waals surface area (Å²) in [4.78, 5) is 0. The molecule has 2 heteroatoms. The molecule has 0 aliphatic heterocycles. The standard InChI is InChI=1S/C14H21NO/c1-2-12-11-14(12)15-9-6-10-16-13-7-4-3-5-8-13/h3-5,7-8,12,14-15H,2,6,9-11H2,1H3. The number of nitrogens with one attached hydrogen (secondary N) is 1. The number of benzene rings is 1. The lowest BCUT2D eigenvalue weighted by molar-refractivity contribution is 0.307. The van der Waals surface area contributed by atoms with Crippen LogP contribution in [0, 0.1) is 5.92 Å². The van der Waals surface area contributed by atoms with Crippen LogP contribution in [0.1, 0.15) is 26.2 Å². The quantitative estimate of drug-likeness (QED) is 0.712. The zero-order chi connectivity index (χ0) is 11.2. The number of rotatable bonds is 7. The lowest BCUT2D eigenvalue weighted by Crippen LogP contribution is -2.21. The van der Waals surface area contributed by atoms with E-state index in [-0.39, 0.29) is 0 Å². The van der Waals surface area contributed by atoms with Crippen molar-refractivity contribution >= 4 is 0 Å². The molecule has 2 atom stereocenters. The van der Waals surface area contributed by atoms with Crippen LogP contribution in [0.15, 0.2) is 30.3 Å². The Balaban J connectivity index is 1.50. The SMILES string of the molecule is CCC1CC1NCCCOc1ccccc1. The van der Waals surface area contributed by atoms with Gasteiger partial charge in [-0.25, -0.2) is 0 Å². The van der Waals surface area contributed by atoms with Gasteiger partial charge >= 0.3 is 0 Å². The highest BCUT2D eigenvalue weighted by atomic mass is 16.5. The number of para-hydroxylation sites is 1. The summed E-state index contributed by atoms with van der Waals surface area (Å²) in [5, 5.41) is 3.56. The number of hydrogen-bond donors (Lipinski definition) is 1. The monoisotopic (exact) mass is 219 g/mol. The van der Waals surface area contributed by atoms with E-state index >= 15 is 0 Å². The predicted molar refractivity (Wildman–Crippen MR) is 66.7 cm³/mol. The van der Waals surface area contributed by atoms with Crippen LogP contribution in [0.5, 0.6) is 5.75 Å². The van der Waals surface area contributed by atoms with E-state index in [4.69, 9.17) is 4.74 Å². The van der Waals surface area contributed by atoms with Gasteiger partial charge in [0.25, 0.3) is 0 Å². The van der Waals surface area contributed by atoms with Gasteiger partial charge in [0.1, 0.15) is 5.75 Å². The number of ether oxygens (including phenoxy) is 1. The summed E-state index contributed by atoms with van der Waals surface area (Å²) in [6.45, 7) is 4.15. The van der Waals surface area contributed by atoms with Gasteiger partial charge in [0, 0.05) is 6.04 Å². The summed E-state index contributed by atoms with van der Waals surface area (Å²) in [7, 11) is 0. The van der Waals surface area contributed by atoms with E-state index in [1.54, 1.807) is 0 Å². The van der Waals surface area contributed by atoms with E-state index in [1.807, 2.05) is 30.3 Å². The van der Waals surface area contributed by atoms with Crippen molar-refractivity contribution in [1.82, 2.24) is 5.32 Å². The van der Waals surface area contributed by atoms with E-state index in [0.29, 0.717) is 0 Å². The molecule has 88 valence electrons. The van der Waals surface area contributed by atoms with Gasteiger partial charge in [-0.3, -0.25) is 0 Å². The van der Waals surface area contributed by atoms with Crippen LogP contribution in [-0.2, 0) is 0 Å². The van der Waals surface area contributed by atoms with Gasteiger partial charge in [0.2, 0.25) is 0 Å². The van der Waals surface area contributed by atoms with E-state index in [1.165, 1.54) is 12.8 Å². The minimum Gasteiger partial charge on any atom is -0.494 e. The fourth-order valence-corrected chi connectivity index (χ4v) is 2.02. The first kappa shape index (κ1) is 11.5. The third-order valence-electron chi connectivity index (χ3n) is 3.19. The van der Waals surface area contributed by atoms with Gasteiger partial charge < -0.3 is 10.1 Å². The first-order chi connectivity index (χ1) is 7.90. The molecule has 0 heterocycles. The maximum absolute atomic E-state index is 5.62. The molecule has 1 fully saturated rings. The van der Waals surface area contributed by atoms with Crippen LogP contribution < -0.4 is 10.1 Å². The molecule has 1 aliphatic rings. The molecule has 0 saturated heterocycles. The lowest BCUT2D eigenvalue weighted by atomic mass is 10.3. The third kappa shape index (κ3) is 3.53. The van der Waals surface area contributed by atoms with Gasteiger partial charge in [-0.1, -0.05) is 31.5 Å². The summed E-state index contributed by atoms with van der Waals surface area (Å²) in [6, 6.07) is 10.8. The first-order valence-electron chi connectivity index (χ1n) is 6.31. The highest BCUT2D eigenvalue weighted by Gasteiger charge is 2.34. The average molecular weight is 219 g/mol. The Hall–Kier alpha value is -1.02. The van der Waals surface area contributed by atoms with E-state index < -0.39 is 0 Å². The van der Waals surface area contributed by atoms with Crippen molar-refractivity contribution in [2.75, 3.05) is 13.2 Å². The van der Waals surface area contributed by atoms with Crippen molar-refractivity contribution in [2.24, 2.45) is 5.92 Å². The molecule has 1 saturated carbocycles. The summed E-state index contributed by atoms with van der Waals surface area (Å²) < 4.78 is 5.62. The van der Waals surface area contributed by atoms with Crippen LogP contribution in [0.4, 0.5) is 0 Å². The summed E-state index contributed by atoms with van der Waals surface area (Å²) in [6.07, 6.45) is 3.77. The molecule has 0 spiro atoms. The second-order valence-corrected chi connectivity index (χ2v) is 4.48. The molecule has 1 aliphatic carbocycles. The molecule has 1 N–H and O–H groups in total. The average Bonchev–Trinajstić information content (AvgIpc) is 3.09. The molecule has 2 rings (SSSR count). The zero-order valence-electron chi connectivity index (χ0n) is 9.99. The second-order valence-electron chi connectivity index (χ2n) is 4.48.